The molecule has 3 saturated heterocycles. The summed E-state index contributed by atoms with van der Waals surface area (Å²) < 4.78 is 65.2. The molecule has 28 heteroatoms. The third-order valence-corrected chi connectivity index (χ3v) is 10.9. The molecule has 0 spiro atoms. The molecular formula is C28H39N9O16P2S. The lowest BCUT2D eigenvalue weighted by molar-refractivity contribution is -0.161. The first-order valence-corrected chi connectivity index (χ1v) is 20.8. The highest BCUT2D eigenvalue weighted by Crippen LogP contribution is 2.50. The van der Waals surface area contributed by atoms with Crippen LogP contribution in [0.15, 0.2) is 29.7 Å². The van der Waals surface area contributed by atoms with Gasteiger partial charge < -0.3 is 50.2 Å². The summed E-state index contributed by atoms with van der Waals surface area (Å²) in [6, 6.07) is 0.143. The fourth-order valence-electron chi connectivity index (χ4n) is 5.95. The van der Waals surface area contributed by atoms with Crippen molar-refractivity contribution in [3.8, 4) is 0 Å². The number of nitrogens with zero attached hydrogens (tertiary/aromatic N) is 7. The van der Waals surface area contributed by atoms with Crippen molar-refractivity contribution in [2.75, 3.05) is 36.3 Å². The molecule has 0 saturated carbocycles. The molecular weight excluding hydrogens is 812 g/mol. The zero-order chi connectivity index (χ0) is 40.7. The van der Waals surface area contributed by atoms with Gasteiger partial charge >= 0.3 is 33.4 Å². The minimum atomic E-state index is -5.19. The number of aliphatic hydroxyl groups excluding tert-OH is 1. The molecule has 3 aromatic rings. The summed E-state index contributed by atoms with van der Waals surface area (Å²) >= 11 is 1.26. The molecule has 308 valence electrons. The highest BCUT2D eigenvalue weighted by atomic mass is 32.2. The SMILES string of the molecule is CC(C)(C)OC(=O)N1CSCC1C(=O)O[C@H]1[C@@H](O)[C@H](n2cnc3c(N)ncnc32)O[C@H]1COP(=O)(O)O[C@H]1C[C@H](n2ccc(N)nc2=O)O[C@H]1COP(=O)(O)O. The molecule has 8 N–H and O–H groups in total. The normalized spacial score (nSPS) is 28.1. The highest BCUT2D eigenvalue weighted by molar-refractivity contribution is 7.99. The Morgan fingerprint density at radius 1 is 1.05 bits per heavy atom. The third-order valence-electron chi connectivity index (χ3n) is 8.43. The number of hydrogen-bond acceptors (Lipinski definition) is 20. The molecule has 9 atom stereocenters. The maximum atomic E-state index is 13.6. The molecule has 3 aliphatic heterocycles. The van der Waals surface area contributed by atoms with Crippen LogP contribution in [0.3, 0.4) is 0 Å². The Kier molecular flexibility index (Phi) is 12.1. The van der Waals surface area contributed by atoms with Gasteiger partial charge in [-0.05, 0) is 26.8 Å². The Bertz CT molecular complexity index is 2100. The topological polar surface area (TPSA) is 348 Å². The van der Waals surface area contributed by atoms with E-state index in [1.807, 2.05) is 0 Å². The molecule has 6 heterocycles. The van der Waals surface area contributed by atoms with Gasteiger partial charge in [0.05, 0.1) is 25.4 Å². The number of aliphatic hydroxyl groups is 1. The molecule has 2 unspecified atom stereocenters. The van der Waals surface area contributed by atoms with Crippen LogP contribution < -0.4 is 17.2 Å². The Labute approximate surface area is 320 Å². The van der Waals surface area contributed by atoms with Gasteiger partial charge in [0.2, 0.25) is 0 Å². The van der Waals surface area contributed by atoms with E-state index in [4.69, 9.17) is 39.5 Å². The van der Waals surface area contributed by atoms with Gasteiger partial charge in [-0.1, -0.05) is 0 Å². The molecule has 0 aromatic carbocycles. The third kappa shape index (κ3) is 9.66. The summed E-state index contributed by atoms with van der Waals surface area (Å²) in [6.45, 7) is 3.28. The number of aromatic nitrogens is 6. The molecule has 56 heavy (non-hydrogen) atoms. The molecule has 25 nitrogen and oxygen atoms in total. The van der Waals surface area contributed by atoms with Crippen LogP contribution in [-0.2, 0) is 46.4 Å². The van der Waals surface area contributed by atoms with Crippen molar-refractivity contribution in [2.45, 2.75) is 81.8 Å². The van der Waals surface area contributed by atoms with E-state index in [1.54, 1.807) is 20.8 Å². The van der Waals surface area contributed by atoms with E-state index in [0.29, 0.717) is 0 Å². The zero-order valence-electron chi connectivity index (χ0n) is 29.7. The maximum Gasteiger partial charge on any atom is 0.472 e. The molecule has 0 aliphatic carbocycles. The first kappa shape index (κ1) is 41.8. The van der Waals surface area contributed by atoms with Crippen molar-refractivity contribution in [1.29, 1.82) is 0 Å². The summed E-state index contributed by atoms with van der Waals surface area (Å²) in [5.74, 6) is -0.790. The van der Waals surface area contributed by atoms with Gasteiger partial charge in [0.25, 0.3) is 0 Å². The van der Waals surface area contributed by atoms with Gasteiger partial charge in [-0.3, -0.25) is 27.6 Å². The number of amides is 1. The Morgan fingerprint density at radius 2 is 1.79 bits per heavy atom. The Morgan fingerprint density at radius 3 is 2.48 bits per heavy atom. The predicted octanol–water partition coefficient (Wildman–Crippen LogP) is -0.373. The van der Waals surface area contributed by atoms with E-state index >= 15 is 0 Å². The highest BCUT2D eigenvalue weighted by Gasteiger charge is 2.51. The number of nitrogens with two attached hydrogens (primary N) is 2. The molecule has 3 fully saturated rings. The molecule has 1 amide bonds. The van der Waals surface area contributed by atoms with Crippen molar-refractivity contribution in [3.05, 3.63) is 35.4 Å². The molecule has 0 radical (unpaired) electrons. The number of anilines is 2. The fraction of sp³-hybridized carbons (Fsp3) is 0.607. The summed E-state index contributed by atoms with van der Waals surface area (Å²) in [5, 5.41) is 11.5. The van der Waals surface area contributed by atoms with Crippen molar-refractivity contribution < 1.29 is 71.0 Å². The number of phosphoric ester groups is 2. The van der Waals surface area contributed by atoms with Gasteiger partial charge in [-0.25, -0.2) is 38.5 Å². The number of carbonyl (C=O) groups excluding carboxylic acids is 2. The van der Waals surface area contributed by atoms with Gasteiger partial charge in [0.15, 0.2) is 23.8 Å². The number of ether oxygens (including phenoxy) is 4. The van der Waals surface area contributed by atoms with Crippen LogP contribution in [-0.4, -0.2) is 133 Å². The van der Waals surface area contributed by atoms with Crippen LogP contribution in [0.4, 0.5) is 16.4 Å². The molecule has 6 rings (SSSR count). The molecule has 3 aliphatic rings. The number of nitrogen functional groups attached to an aromatic ring is 2. The first-order chi connectivity index (χ1) is 26.2. The van der Waals surface area contributed by atoms with Crippen LogP contribution in [0.2, 0.25) is 0 Å². The van der Waals surface area contributed by atoms with Crippen LogP contribution >= 0.6 is 27.4 Å². The Balaban J connectivity index is 1.21. The average Bonchev–Trinajstić information content (AvgIpc) is 3.88. The van der Waals surface area contributed by atoms with E-state index in [-0.39, 0.29) is 40.9 Å². The van der Waals surface area contributed by atoms with E-state index in [9.17, 15) is 43.3 Å². The Hall–Kier alpha value is -3.78. The molecule has 0 bridgehead atoms. The molecule has 3 aromatic heterocycles. The van der Waals surface area contributed by atoms with Crippen molar-refractivity contribution >= 4 is 62.3 Å². The van der Waals surface area contributed by atoms with Crippen LogP contribution in [0.25, 0.3) is 11.2 Å². The van der Waals surface area contributed by atoms with Crippen LogP contribution in [0, 0.1) is 0 Å². The lowest BCUT2D eigenvalue weighted by Gasteiger charge is -2.28. The summed E-state index contributed by atoms with van der Waals surface area (Å²) in [7, 11) is -10.2. The van der Waals surface area contributed by atoms with Crippen molar-refractivity contribution in [3.63, 3.8) is 0 Å². The lowest BCUT2D eigenvalue weighted by atomic mass is 10.1. The number of hydrogen-bond donors (Lipinski definition) is 6. The number of phosphoric acid groups is 2. The fourth-order valence-corrected chi connectivity index (χ4v) is 8.38. The number of esters is 1. The van der Waals surface area contributed by atoms with Crippen molar-refractivity contribution in [1.82, 2.24) is 34.0 Å². The van der Waals surface area contributed by atoms with Gasteiger partial charge in [-0.15, -0.1) is 11.8 Å². The number of thioether (sulfide) groups is 1. The standard InChI is InChI=1S/C28H39N9O16P2S/c1-28(2,3)52-27(41)37-12-56-9-13(37)25(39)51-21-16(50-24(20(21)38)36-11-33-19-22(30)31-10-32-23(19)36)8-48-55(45,46)53-14-6-18(35-5-4-17(29)34-26(35)40)49-15(14)7-47-54(42,43)44/h4-5,10-11,13-16,18,20-21,24,38H,6-9,12H2,1-3H3,(H,45,46)(H2,29,34,40)(H2,30,31,32)(H2,42,43,44)/t13?,14-,15-,16-,18+,20+,21+,24+/m0/s1. The van der Waals surface area contributed by atoms with E-state index in [1.165, 1.54) is 39.8 Å². The largest absolute Gasteiger partial charge is 0.472 e. The van der Waals surface area contributed by atoms with Crippen LogP contribution in [0.5, 0.6) is 0 Å². The quantitative estimate of drug-likeness (QED) is 0.0999. The van der Waals surface area contributed by atoms with Crippen molar-refractivity contribution in [2.24, 2.45) is 0 Å². The number of fused-ring (bicyclic) bond motifs is 1. The van der Waals surface area contributed by atoms with Gasteiger partial charge in [-0.2, -0.15) is 4.98 Å². The van der Waals surface area contributed by atoms with Gasteiger partial charge in [0, 0.05) is 18.4 Å². The average molecular weight is 852 g/mol. The monoisotopic (exact) mass is 851 g/mol. The second kappa shape index (κ2) is 16.2. The second-order valence-corrected chi connectivity index (χ2v) is 17.3. The minimum Gasteiger partial charge on any atom is -0.455 e. The summed E-state index contributed by atoms with van der Waals surface area (Å²) in [6.07, 6.45) is -7.74. The summed E-state index contributed by atoms with van der Waals surface area (Å²) in [5.41, 5.74) is 10.0. The first-order valence-electron chi connectivity index (χ1n) is 16.6. The van der Waals surface area contributed by atoms with Crippen LogP contribution in [0.1, 0.15) is 39.6 Å². The van der Waals surface area contributed by atoms with E-state index < -0.39 is 101 Å². The summed E-state index contributed by atoms with van der Waals surface area (Å²) in [4.78, 5) is 85.3. The van der Waals surface area contributed by atoms with E-state index in [0.717, 1.165) is 10.9 Å². The second-order valence-electron chi connectivity index (χ2n) is 13.6. The van der Waals surface area contributed by atoms with Gasteiger partial charge in [0.1, 0.15) is 59.9 Å². The minimum absolute atomic E-state index is 0.0172. The smallest absolute Gasteiger partial charge is 0.455 e. The van der Waals surface area contributed by atoms with E-state index in [2.05, 4.69) is 24.5 Å². The number of carbonyl (C=O) groups is 2. The zero-order valence-corrected chi connectivity index (χ0v) is 32.3. The number of rotatable bonds is 12. The predicted molar refractivity (Wildman–Crippen MR) is 189 cm³/mol. The lowest BCUT2D eigenvalue weighted by Crippen LogP contribution is -2.48. The number of imidazole rings is 1. The maximum absolute atomic E-state index is 13.6.